The third kappa shape index (κ3) is 3.87. The van der Waals surface area contributed by atoms with Crippen molar-refractivity contribution < 1.29 is 13.6 Å². The predicted octanol–water partition coefficient (Wildman–Crippen LogP) is 3.11. The number of pyridine rings is 2. The summed E-state index contributed by atoms with van der Waals surface area (Å²) in [5.41, 5.74) is 2.65. The second kappa shape index (κ2) is 8.57. The molecule has 0 N–H and O–H groups in total. The molecule has 0 saturated carbocycles. The molecule has 0 aromatic carbocycles. The summed E-state index contributed by atoms with van der Waals surface area (Å²) in [7, 11) is 0. The standard InChI is InChI=1S/C23H26F2N6O2/c1-2-31-23(33)30-10-7-18(12-19(30)27-31)29-9-4-5-15-11-17(13-26-21(15)29)22(32)28-8-3-6-16(14-28)20(24)25/h7,10-13,16,20H,2-6,8-9,14H2,1H3/t16-/m1/s1. The summed E-state index contributed by atoms with van der Waals surface area (Å²) in [6.07, 6.45) is 3.55. The Labute approximate surface area is 189 Å². The van der Waals surface area contributed by atoms with Gasteiger partial charge in [0.25, 0.3) is 5.91 Å². The van der Waals surface area contributed by atoms with Crippen LogP contribution in [0.2, 0.25) is 0 Å². The molecule has 5 heterocycles. The lowest BCUT2D eigenvalue weighted by Crippen LogP contribution is -2.42. The Morgan fingerprint density at radius 1 is 1.24 bits per heavy atom. The molecule has 1 atom stereocenters. The van der Waals surface area contributed by atoms with Crippen molar-refractivity contribution in [3.8, 4) is 0 Å². The number of anilines is 2. The summed E-state index contributed by atoms with van der Waals surface area (Å²) in [6.45, 7) is 3.70. The zero-order chi connectivity index (χ0) is 23.1. The Bertz CT molecular complexity index is 1250. The smallest absolute Gasteiger partial charge is 0.338 e. The van der Waals surface area contributed by atoms with Gasteiger partial charge in [0.15, 0.2) is 5.65 Å². The van der Waals surface area contributed by atoms with E-state index in [2.05, 4.69) is 15.0 Å². The Kier molecular flexibility index (Phi) is 5.59. The number of nitrogens with zero attached hydrogens (tertiary/aromatic N) is 6. The quantitative estimate of drug-likeness (QED) is 0.603. The molecule has 2 aliphatic rings. The lowest BCUT2D eigenvalue weighted by atomic mass is 9.97. The molecular formula is C23H26F2N6O2. The molecule has 10 heteroatoms. The van der Waals surface area contributed by atoms with E-state index in [1.165, 1.54) is 14.0 Å². The summed E-state index contributed by atoms with van der Waals surface area (Å²) in [5.74, 6) is -0.232. The maximum atomic E-state index is 13.1. The van der Waals surface area contributed by atoms with Gasteiger partial charge in [-0.05, 0) is 50.3 Å². The van der Waals surface area contributed by atoms with E-state index in [0.717, 1.165) is 36.5 Å². The summed E-state index contributed by atoms with van der Waals surface area (Å²) >= 11 is 0. The van der Waals surface area contributed by atoms with Gasteiger partial charge in [0.1, 0.15) is 5.82 Å². The van der Waals surface area contributed by atoms with Crippen LogP contribution in [0.4, 0.5) is 20.3 Å². The number of likely N-dealkylation sites (tertiary alicyclic amines) is 1. The molecule has 1 fully saturated rings. The van der Waals surface area contributed by atoms with E-state index in [-0.39, 0.29) is 18.1 Å². The van der Waals surface area contributed by atoms with Crippen LogP contribution in [0.3, 0.4) is 0 Å². The van der Waals surface area contributed by atoms with Crippen molar-refractivity contribution in [2.75, 3.05) is 24.5 Å². The van der Waals surface area contributed by atoms with Crippen molar-refractivity contribution in [3.63, 3.8) is 0 Å². The van der Waals surface area contributed by atoms with Crippen molar-refractivity contribution in [1.82, 2.24) is 24.1 Å². The zero-order valence-corrected chi connectivity index (χ0v) is 18.5. The second-order valence-electron chi connectivity index (χ2n) is 8.66. The zero-order valence-electron chi connectivity index (χ0n) is 18.5. The Morgan fingerprint density at radius 3 is 2.88 bits per heavy atom. The molecule has 3 aromatic rings. The molecule has 0 aliphatic carbocycles. The number of aryl methyl sites for hydroxylation is 2. The minimum atomic E-state index is -2.41. The molecule has 8 nitrogen and oxygen atoms in total. The number of rotatable bonds is 4. The number of aromatic nitrogens is 4. The van der Waals surface area contributed by atoms with Crippen LogP contribution in [0, 0.1) is 5.92 Å². The highest BCUT2D eigenvalue weighted by Gasteiger charge is 2.31. The highest BCUT2D eigenvalue weighted by atomic mass is 19.3. The van der Waals surface area contributed by atoms with Crippen molar-refractivity contribution in [2.45, 2.75) is 45.6 Å². The van der Waals surface area contributed by atoms with E-state index in [1.54, 1.807) is 12.4 Å². The summed E-state index contributed by atoms with van der Waals surface area (Å²) in [4.78, 5) is 33.5. The molecule has 0 radical (unpaired) electrons. The molecule has 3 aromatic heterocycles. The molecule has 0 bridgehead atoms. The average molecular weight is 456 g/mol. The Balaban J connectivity index is 1.42. The number of amides is 1. The van der Waals surface area contributed by atoms with Gasteiger partial charge >= 0.3 is 5.69 Å². The molecule has 174 valence electrons. The van der Waals surface area contributed by atoms with E-state index in [0.29, 0.717) is 37.1 Å². The number of fused-ring (bicyclic) bond motifs is 2. The Hall–Kier alpha value is -3.30. The van der Waals surface area contributed by atoms with E-state index in [1.807, 2.05) is 25.1 Å². The van der Waals surface area contributed by atoms with Crippen LogP contribution in [0.1, 0.15) is 42.1 Å². The number of alkyl halides is 2. The van der Waals surface area contributed by atoms with E-state index in [4.69, 9.17) is 0 Å². The van der Waals surface area contributed by atoms with Crippen LogP contribution in [0.25, 0.3) is 5.65 Å². The van der Waals surface area contributed by atoms with Gasteiger partial charge in [-0.1, -0.05) is 0 Å². The first-order valence-electron chi connectivity index (χ1n) is 11.4. The van der Waals surface area contributed by atoms with Gasteiger partial charge < -0.3 is 9.80 Å². The fourth-order valence-electron chi connectivity index (χ4n) is 4.80. The number of carbonyl (C=O) groups is 1. The molecule has 0 unspecified atom stereocenters. The third-order valence-electron chi connectivity index (χ3n) is 6.55. The normalized spacial score (nSPS) is 18.7. The van der Waals surface area contributed by atoms with E-state index in [9.17, 15) is 18.4 Å². The van der Waals surface area contributed by atoms with Crippen molar-refractivity contribution in [2.24, 2.45) is 5.92 Å². The maximum absolute atomic E-state index is 13.1. The first-order chi connectivity index (χ1) is 16.0. The van der Waals surface area contributed by atoms with Crippen LogP contribution >= 0.6 is 0 Å². The van der Waals surface area contributed by atoms with Crippen LogP contribution in [0.15, 0.2) is 35.4 Å². The molecule has 33 heavy (non-hydrogen) atoms. The summed E-state index contributed by atoms with van der Waals surface area (Å²) in [6, 6.07) is 5.57. The summed E-state index contributed by atoms with van der Waals surface area (Å²) < 4.78 is 29.2. The van der Waals surface area contributed by atoms with Crippen molar-refractivity contribution in [3.05, 3.63) is 52.2 Å². The number of hydrogen-bond acceptors (Lipinski definition) is 5. The molecule has 0 spiro atoms. The molecule has 2 aliphatic heterocycles. The molecule has 1 amide bonds. The van der Waals surface area contributed by atoms with Gasteiger partial charge in [-0.15, -0.1) is 5.10 Å². The lowest BCUT2D eigenvalue weighted by molar-refractivity contribution is 0.0253. The maximum Gasteiger partial charge on any atom is 0.350 e. The van der Waals surface area contributed by atoms with E-state index < -0.39 is 12.3 Å². The van der Waals surface area contributed by atoms with Crippen molar-refractivity contribution in [1.29, 1.82) is 0 Å². The highest BCUT2D eigenvalue weighted by Crippen LogP contribution is 2.33. The van der Waals surface area contributed by atoms with E-state index >= 15 is 0 Å². The third-order valence-corrected chi connectivity index (χ3v) is 6.55. The van der Waals surface area contributed by atoms with Crippen LogP contribution in [0.5, 0.6) is 0 Å². The molecular weight excluding hydrogens is 430 g/mol. The largest absolute Gasteiger partial charge is 0.350 e. The fourth-order valence-corrected chi connectivity index (χ4v) is 4.80. The minimum Gasteiger partial charge on any atom is -0.338 e. The van der Waals surface area contributed by atoms with Gasteiger partial charge in [0.2, 0.25) is 6.43 Å². The fraction of sp³-hybridized carbons (Fsp3) is 0.478. The highest BCUT2D eigenvalue weighted by molar-refractivity contribution is 5.94. The first kappa shape index (κ1) is 21.5. The van der Waals surface area contributed by atoms with Gasteiger partial charge in [-0.2, -0.15) is 0 Å². The number of hydrogen-bond donors (Lipinski definition) is 0. The van der Waals surface area contributed by atoms with Gasteiger partial charge in [-0.3, -0.25) is 9.20 Å². The van der Waals surface area contributed by atoms with Crippen LogP contribution in [-0.2, 0) is 13.0 Å². The number of carbonyl (C=O) groups excluding carboxylic acids is 1. The monoisotopic (exact) mass is 456 g/mol. The van der Waals surface area contributed by atoms with Crippen LogP contribution < -0.4 is 10.6 Å². The number of halogens is 2. The number of piperidine rings is 1. The van der Waals surface area contributed by atoms with Gasteiger partial charge in [0, 0.05) is 56.2 Å². The van der Waals surface area contributed by atoms with Gasteiger partial charge in [-0.25, -0.2) is 23.2 Å². The second-order valence-corrected chi connectivity index (χ2v) is 8.66. The predicted molar refractivity (Wildman–Crippen MR) is 119 cm³/mol. The Morgan fingerprint density at radius 2 is 2.09 bits per heavy atom. The molecule has 5 rings (SSSR count). The first-order valence-corrected chi connectivity index (χ1v) is 11.4. The molecule has 1 saturated heterocycles. The lowest BCUT2D eigenvalue weighted by Gasteiger charge is -2.33. The topological polar surface area (TPSA) is 75.7 Å². The van der Waals surface area contributed by atoms with Gasteiger partial charge in [0.05, 0.1) is 5.56 Å². The van der Waals surface area contributed by atoms with Crippen molar-refractivity contribution >= 4 is 23.1 Å². The average Bonchev–Trinajstić information content (AvgIpc) is 3.17. The minimum absolute atomic E-state index is 0.0868. The summed E-state index contributed by atoms with van der Waals surface area (Å²) in [5, 5.41) is 4.37. The van der Waals surface area contributed by atoms with Crippen LogP contribution in [-0.4, -0.2) is 56.0 Å². The SMILES string of the molecule is CCn1nc2cc(N3CCCc4cc(C(=O)N5CCC[C@@H](C(F)F)C5)cnc43)ccn2c1=O.